The van der Waals surface area contributed by atoms with E-state index in [4.69, 9.17) is 4.74 Å². The molecular weight excluding hydrogens is 256 g/mol. The lowest BCUT2D eigenvalue weighted by atomic mass is 10.0. The highest BCUT2D eigenvalue weighted by Gasteiger charge is 2.56. The van der Waals surface area contributed by atoms with E-state index in [2.05, 4.69) is 10.6 Å². The monoisotopic (exact) mass is 276 g/mol. The second kappa shape index (κ2) is 5.53. The van der Waals surface area contributed by atoms with E-state index >= 15 is 0 Å². The van der Waals surface area contributed by atoms with Crippen molar-refractivity contribution < 1.29 is 14.3 Å². The first-order chi connectivity index (χ1) is 9.48. The number of carbonyl (C=O) groups is 2. The van der Waals surface area contributed by atoms with E-state index in [1.54, 1.807) is 31.4 Å². The van der Waals surface area contributed by atoms with E-state index in [9.17, 15) is 9.59 Å². The smallest absolute Gasteiger partial charge is 0.240 e. The lowest BCUT2D eigenvalue weighted by Gasteiger charge is -2.17. The van der Waals surface area contributed by atoms with Crippen molar-refractivity contribution in [3.05, 3.63) is 24.3 Å². The van der Waals surface area contributed by atoms with E-state index in [-0.39, 0.29) is 17.9 Å². The molecule has 0 saturated heterocycles. The molecule has 1 aromatic rings. The quantitative estimate of drug-likeness (QED) is 0.808. The third-order valence-electron chi connectivity index (χ3n) is 3.39. The van der Waals surface area contributed by atoms with Crippen LogP contribution in [0.15, 0.2) is 24.3 Å². The van der Waals surface area contributed by atoms with E-state index in [1.165, 1.54) is 0 Å². The van der Waals surface area contributed by atoms with Gasteiger partial charge >= 0.3 is 0 Å². The summed E-state index contributed by atoms with van der Waals surface area (Å²) in [5.41, 5.74) is -0.219. The number of carbonyl (C=O) groups excluding carboxylic acids is 2. The van der Waals surface area contributed by atoms with Crippen LogP contribution in [0.1, 0.15) is 26.7 Å². The minimum atomic E-state index is -0.885. The van der Waals surface area contributed by atoms with E-state index < -0.39 is 5.41 Å². The van der Waals surface area contributed by atoms with Gasteiger partial charge in [-0.1, -0.05) is 0 Å². The van der Waals surface area contributed by atoms with Crippen molar-refractivity contribution in [3.63, 3.8) is 0 Å². The van der Waals surface area contributed by atoms with Gasteiger partial charge in [-0.3, -0.25) is 9.59 Å². The van der Waals surface area contributed by atoms with Crippen molar-refractivity contribution in [2.75, 3.05) is 12.4 Å². The molecule has 0 atom stereocenters. The maximum absolute atomic E-state index is 12.3. The molecule has 0 bridgehead atoms. The Bertz CT molecular complexity index is 504. The summed E-state index contributed by atoms with van der Waals surface area (Å²) in [7, 11) is 1.59. The predicted molar refractivity (Wildman–Crippen MR) is 76.6 cm³/mol. The molecule has 1 aromatic carbocycles. The highest BCUT2D eigenvalue weighted by Crippen LogP contribution is 2.47. The molecule has 2 rings (SSSR count). The van der Waals surface area contributed by atoms with E-state index in [0.29, 0.717) is 18.5 Å². The van der Waals surface area contributed by atoms with Crippen LogP contribution in [0, 0.1) is 5.41 Å². The second-order valence-electron chi connectivity index (χ2n) is 5.39. The number of amides is 2. The summed E-state index contributed by atoms with van der Waals surface area (Å²) >= 11 is 0. The molecule has 1 aliphatic rings. The zero-order valence-electron chi connectivity index (χ0n) is 12.0. The van der Waals surface area contributed by atoms with Crippen LogP contribution in [0.3, 0.4) is 0 Å². The van der Waals surface area contributed by atoms with Gasteiger partial charge in [-0.05, 0) is 51.0 Å². The summed E-state index contributed by atoms with van der Waals surface area (Å²) in [4.78, 5) is 24.3. The minimum Gasteiger partial charge on any atom is -0.497 e. The molecule has 5 heteroatoms. The minimum absolute atomic E-state index is 0.0359. The van der Waals surface area contributed by atoms with Crippen molar-refractivity contribution in [2.45, 2.75) is 32.7 Å². The van der Waals surface area contributed by atoms with Crippen LogP contribution in [0.2, 0.25) is 0 Å². The molecule has 2 amide bonds. The number of nitrogens with one attached hydrogen (secondary N) is 2. The van der Waals surface area contributed by atoms with Gasteiger partial charge in [0.25, 0.3) is 0 Å². The summed E-state index contributed by atoms with van der Waals surface area (Å²) in [6.45, 7) is 3.77. The van der Waals surface area contributed by atoms with Crippen LogP contribution in [-0.4, -0.2) is 25.0 Å². The first-order valence-corrected chi connectivity index (χ1v) is 6.74. The fourth-order valence-electron chi connectivity index (χ4n) is 2.01. The molecule has 2 N–H and O–H groups in total. The SMILES string of the molecule is COc1ccc(NC(=O)C2(C(=O)NC(C)C)CC2)cc1. The largest absolute Gasteiger partial charge is 0.497 e. The van der Waals surface area contributed by atoms with Gasteiger partial charge in [0.1, 0.15) is 11.2 Å². The molecule has 0 aliphatic heterocycles. The molecule has 0 unspecified atom stereocenters. The number of anilines is 1. The van der Waals surface area contributed by atoms with Crippen LogP contribution >= 0.6 is 0 Å². The molecule has 0 aromatic heterocycles. The van der Waals surface area contributed by atoms with Crippen molar-refractivity contribution >= 4 is 17.5 Å². The number of benzene rings is 1. The Morgan fingerprint density at radius 1 is 1.15 bits per heavy atom. The molecule has 0 radical (unpaired) electrons. The summed E-state index contributed by atoms with van der Waals surface area (Å²) in [6, 6.07) is 7.08. The summed E-state index contributed by atoms with van der Waals surface area (Å²) < 4.78 is 5.06. The van der Waals surface area contributed by atoms with Crippen molar-refractivity contribution in [3.8, 4) is 5.75 Å². The summed E-state index contributed by atoms with van der Waals surface area (Å²) in [5.74, 6) is 0.306. The summed E-state index contributed by atoms with van der Waals surface area (Å²) in [5, 5.41) is 5.61. The molecule has 0 spiro atoms. The number of rotatable bonds is 5. The fourth-order valence-corrected chi connectivity index (χ4v) is 2.01. The maximum Gasteiger partial charge on any atom is 0.240 e. The van der Waals surface area contributed by atoms with Crippen LogP contribution in [0.5, 0.6) is 5.75 Å². The molecule has 5 nitrogen and oxygen atoms in total. The Morgan fingerprint density at radius 2 is 1.75 bits per heavy atom. The number of hydrogen-bond acceptors (Lipinski definition) is 3. The van der Waals surface area contributed by atoms with E-state index in [1.807, 2.05) is 13.8 Å². The molecule has 1 fully saturated rings. The fraction of sp³-hybridized carbons (Fsp3) is 0.467. The zero-order chi connectivity index (χ0) is 14.8. The Hall–Kier alpha value is -2.04. The molecular formula is C15H20N2O3. The van der Waals surface area contributed by atoms with Gasteiger partial charge in [-0.25, -0.2) is 0 Å². The molecule has 1 aliphatic carbocycles. The van der Waals surface area contributed by atoms with Crippen LogP contribution in [0.4, 0.5) is 5.69 Å². The number of hydrogen-bond donors (Lipinski definition) is 2. The maximum atomic E-state index is 12.3. The topological polar surface area (TPSA) is 67.4 Å². The van der Waals surface area contributed by atoms with Gasteiger partial charge in [-0.2, -0.15) is 0 Å². The first kappa shape index (κ1) is 14.4. The second-order valence-corrected chi connectivity index (χ2v) is 5.39. The highest BCUT2D eigenvalue weighted by molar-refractivity contribution is 6.13. The van der Waals surface area contributed by atoms with Gasteiger partial charge in [0.15, 0.2) is 0 Å². The molecule has 0 heterocycles. The van der Waals surface area contributed by atoms with Gasteiger partial charge in [0.2, 0.25) is 11.8 Å². The van der Waals surface area contributed by atoms with Gasteiger partial charge in [0.05, 0.1) is 7.11 Å². The first-order valence-electron chi connectivity index (χ1n) is 6.74. The standard InChI is InChI=1S/C15H20N2O3/c1-10(2)16-13(18)15(8-9-15)14(19)17-11-4-6-12(20-3)7-5-11/h4-7,10H,8-9H2,1-3H3,(H,16,18)(H,17,19). The Labute approximate surface area is 118 Å². The third-order valence-corrected chi connectivity index (χ3v) is 3.39. The predicted octanol–water partition coefficient (Wildman–Crippen LogP) is 1.94. The van der Waals surface area contributed by atoms with Crippen molar-refractivity contribution in [1.29, 1.82) is 0 Å². The highest BCUT2D eigenvalue weighted by atomic mass is 16.5. The summed E-state index contributed by atoms with van der Waals surface area (Å²) in [6.07, 6.45) is 1.21. The van der Waals surface area contributed by atoms with Gasteiger partial charge in [0, 0.05) is 11.7 Å². The average molecular weight is 276 g/mol. The number of methoxy groups -OCH3 is 1. The Morgan fingerprint density at radius 3 is 2.20 bits per heavy atom. The van der Waals surface area contributed by atoms with Crippen LogP contribution in [-0.2, 0) is 9.59 Å². The van der Waals surface area contributed by atoms with Crippen LogP contribution < -0.4 is 15.4 Å². The molecule has 1 saturated carbocycles. The van der Waals surface area contributed by atoms with Crippen molar-refractivity contribution in [2.24, 2.45) is 5.41 Å². The number of ether oxygens (including phenoxy) is 1. The Balaban J connectivity index is 2.02. The van der Waals surface area contributed by atoms with Gasteiger partial charge < -0.3 is 15.4 Å². The lowest BCUT2D eigenvalue weighted by molar-refractivity contribution is -0.134. The van der Waals surface area contributed by atoms with Gasteiger partial charge in [-0.15, -0.1) is 0 Å². The molecule has 108 valence electrons. The molecule has 20 heavy (non-hydrogen) atoms. The third kappa shape index (κ3) is 2.92. The van der Waals surface area contributed by atoms with Crippen molar-refractivity contribution in [1.82, 2.24) is 5.32 Å². The van der Waals surface area contributed by atoms with Crippen LogP contribution in [0.25, 0.3) is 0 Å². The Kier molecular flexibility index (Phi) is 3.97. The normalized spacial score (nSPS) is 15.6. The van der Waals surface area contributed by atoms with E-state index in [0.717, 1.165) is 5.75 Å². The average Bonchev–Trinajstić information content (AvgIpc) is 3.20. The zero-order valence-corrected chi connectivity index (χ0v) is 12.0. The lowest BCUT2D eigenvalue weighted by Crippen LogP contribution is -2.42.